The maximum Gasteiger partial charge on any atom is 0.156 e. The Balaban J connectivity index is 1.88. The lowest BCUT2D eigenvalue weighted by molar-refractivity contribution is 0.117. The number of imidazole rings is 1. The van der Waals surface area contributed by atoms with Gasteiger partial charge in [0.1, 0.15) is 23.6 Å². The second kappa shape index (κ2) is 8.98. The van der Waals surface area contributed by atoms with Crippen LogP contribution in [0.4, 0.5) is 4.39 Å². The molecule has 7 heteroatoms. The minimum atomic E-state index is -1.71. The van der Waals surface area contributed by atoms with Gasteiger partial charge in [0.05, 0.1) is 29.3 Å². The van der Waals surface area contributed by atoms with E-state index in [2.05, 4.69) is 22.1 Å². The Morgan fingerprint density at radius 3 is 2.35 bits per heavy atom. The van der Waals surface area contributed by atoms with Crippen molar-refractivity contribution in [3.05, 3.63) is 118 Å². The molecule has 0 bridgehead atoms. The number of nitrogens with zero attached hydrogens (tertiary/aromatic N) is 5. The highest BCUT2D eigenvalue weighted by Crippen LogP contribution is 2.40. The third kappa shape index (κ3) is 3.83. The Bertz CT molecular complexity index is 1760. The van der Waals surface area contributed by atoms with Gasteiger partial charge in [0.15, 0.2) is 5.60 Å². The van der Waals surface area contributed by atoms with Gasteiger partial charge in [0.25, 0.3) is 0 Å². The SMILES string of the molecule is Cc1cccc(-c2c(C#N)nc3c(C)cc(C(O)(c4ccc(F)cc4)c4cncn4C)cc3c2C#N)c1. The molecule has 1 unspecified atom stereocenters. The van der Waals surface area contributed by atoms with Gasteiger partial charge in [-0.3, -0.25) is 0 Å². The molecule has 180 valence electrons. The first-order chi connectivity index (χ1) is 17.8. The molecule has 37 heavy (non-hydrogen) atoms. The summed E-state index contributed by atoms with van der Waals surface area (Å²) in [5.41, 5.74) is 3.44. The van der Waals surface area contributed by atoms with Crippen molar-refractivity contribution < 1.29 is 9.50 Å². The van der Waals surface area contributed by atoms with Crippen molar-refractivity contribution in [3.63, 3.8) is 0 Å². The van der Waals surface area contributed by atoms with Crippen LogP contribution in [-0.2, 0) is 12.6 Å². The zero-order valence-corrected chi connectivity index (χ0v) is 20.5. The lowest BCUT2D eigenvalue weighted by Crippen LogP contribution is -2.31. The van der Waals surface area contributed by atoms with Gasteiger partial charge < -0.3 is 9.67 Å². The van der Waals surface area contributed by atoms with Crippen LogP contribution in [0.2, 0.25) is 0 Å². The lowest BCUT2D eigenvalue weighted by Gasteiger charge is -2.30. The van der Waals surface area contributed by atoms with Crippen molar-refractivity contribution in [1.29, 1.82) is 10.5 Å². The van der Waals surface area contributed by atoms with Gasteiger partial charge in [0, 0.05) is 18.0 Å². The van der Waals surface area contributed by atoms with E-state index in [1.165, 1.54) is 24.3 Å². The number of nitriles is 2. The molecule has 0 aliphatic heterocycles. The van der Waals surface area contributed by atoms with Gasteiger partial charge in [-0.05, 0) is 54.3 Å². The summed E-state index contributed by atoms with van der Waals surface area (Å²) in [6.07, 6.45) is 3.14. The topological polar surface area (TPSA) is 98.5 Å². The van der Waals surface area contributed by atoms with E-state index in [0.29, 0.717) is 50.0 Å². The number of hydrogen-bond donors (Lipinski definition) is 1. The number of hydrogen-bond acceptors (Lipinski definition) is 5. The molecule has 5 aromatic rings. The maximum absolute atomic E-state index is 13.8. The molecule has 0 saturated carbocycles. The van der Waals surface area contributed by atoms with Crippen LogP contribution in [0.3, 0.4) is 0 Å². The fourth-order valence-corrected chi connectivity index (χ4v) is 4.89. The number of benzene rings is 3. The third-order valence-electron chi connectivity index (χ3n) is 6.67. The van der Waals surface area contributed by atoms with Gasteiger partial charge in [-0.2, -0.15) is 10.5 Å². The summed E-state index contributed by atoms with van der Waals surface area (Å²) < 4.78 is 15.5. The number of rotatable bonds is 4. The zero-order chi connectivity index (χ0) is 26.3. The Kier molecular flexibility index (Phi) is 5.79. The van der Waals surface area contributed by atoms with Crippen LogP contribution in [0.15, 0.2) is 73.2 Å². The highest BCUT2D eigenvalue weighted by molar-refractivity contribution is 5.96. The number of aliphatic hydroxyl groups is 1. The average Bonchev–Trinajstić information content (AvgIpc) is 3.33. The fourth-order valence-electron chi connectivity index (χ4n) is 4.89. The summed E-state index contributed by atoms with van der Waals surface area (Å²) in [5.74, 6) is -0.423. The molecule has 0 fully saturated rings. The van der Waals surface area contributed by atoms with Crippen molar-refractivity contribution in [2.45, 2.75) is 19.4 Å². The summed E-state index contributed by atoms with van der Waals surface area (Å²) in [6.45, 7) is 3.76. The molecule has 5 rings (SSSR count). The largest absolute Gasteiger partial charge is 0.374 e. The van der Waals surface area contributed by atoms with E-state index in [4.69, 9.17) is 0 Å². The number of pyridine rings is 1. The van der Waals surface area contributed by atoms with Crippen LogP contribution in [0.5, 0.6) is 0 Å². The smallest absolute Gasteiger partial charge is 0.156 e. The van der Waals surface area contributed by atoms with Crippen LogP contribution in [-0.4, -0.2) is 19.6 Å². The fraction of sp³-hybridized carbons (Fsp3) is 0.133. The van der Waals surface area contributed by atoms with Crippen LogP contribution >= 0.6 is 0 Å². The molecule has 0 spiro atoms. The Hall–Kier alpha value is -4.85. The van der Waals surface area contributed by atoms with Crippen molar-refractivity contribution in [3.8, 4) is 23.3 Å². The van der Waals surface area contributed by atoms with E-state index >= 15 is 0 Å². The van der Waals surface area contributed by atoms with E-state index in [1.54, 1.807) is 36.3 Å². The molecule has 2 aromatic heterocycles. The second-order valence-corrected chi connectivity index (χ2v) is 9.10. The number of aryl methyl sites for hydroxylation is 3. The molecule has 1 N–H and O–H groups in total. The minimum Gasteiger partial charge on any atom is -0.374 e. The zero-order valence-electron chi connectivity index (χ0n) is 20.5. The Labute approximate surface area is 213 Å². The van der Waals surface area contributed by atoms with Crippen LogP contribution in [0, 0.1) is 42.3 Å². The quantitative estimate of drug-likeness (QED) is 0.365. The molecule has 6 nitrogen and oxygen atoms in total. The Morgan fingerprint density at radius 2 is 1.73 bits per heavy atom. The average molecular weight is 488 g/mol. The van der Waals surface area contributed by atoms with Gasteiger partial charge in [0.2, 0.25) is 0 Å². The molecule has 0 aliphatic rings. The molecule has 0 amide bonds. The highest BCUT2D eigenvalue weighted by atomic mass is 19.1. The van der Waals surface area contributed by atoms with Crippen LogP contribution < -0.4 is 0 Å². The molecule has 2 heterocycles. The van der Waals surface area contributed by atoms with Gasteiger partial charge in [-0.1, -0.05) is 48.0 Å². The van der Waals surface area contributed by atoms with Crippen molar-refractivity contribution in [2.75, 3.05) is 0 Å². The normalized spacial score (nSPS) is 12.6. The molecule has 0 radical (unpaired) electrons. The summed E-state index contributed by atoms with van der Waals surface area (Å²) in [7, 11) is 1.77. The summed E-state index contributed by atoms with van der Waals surface area (Å²) in [6, 6.07) is 21.2. The highest BCUT2D eigenvalue weighted by Gasteiger charge is 2.37. The summed E-state index contributed by atoms with van der Waals surface area (Å²) in [5, 5.41) is 33.1. The predicted molar refractivity (Wildman–Crippen MR) is 138 cm³/mol. The number of fused-ring (bicyclic) bond motifs is 1. The van der Waals surface area contributed by atoms with Crippen LogP contribution in [0.25, 0.3) is 22.0 Å². The predicted octanol–water partition coefficient (Wildman–Crippen LogP) is 5.42. The first-order valence-electron chi connectivity index (χ1n) is 11.6. The molecule has 0 saturated heterocycles. The third-order valence-corrected chi connectivity index (χ3v) is 6.67. The number of aromatic nitrogens is 3. The van der Waals surface area contributed by atoms with E-state index in [-0.39, 0.29) is 5.69 Å². The van der Waals surface area contributed by atoms with E-state index in [1.807, 2.05) is 38.1 Å². The monoisotopic (exact) mass is 487 g/mol. The lowest BCUT2D eigenvalue weighted by atomic mass is 9.81. The first-order valence-corrected chi connectivity index (χ1v) is 11.6. The van der Waals surface area contributed by atoms with Crippen LogP contribution in [0.1, 0.15) is 39.2 Å². The molecule has 3 aromatic carbocycles. The number of halogens is 1. The van der Waals surface area contributed by atoms with Gasteiger partial charge >= 0.3 is 0 Å². The van der Waals surface area contributed by atoms with E-state index in [9.17, 15) is 20.0 Å². The van der Waals surface area contributed by atoms with E-state index < -0.39 is 11.4 Å². The van der Waals surface area contributed by atoms with Crippen molar-refractivity contribution in [1.82, 2.24) is 14.5 Å². The first kappa shape index (κ1) is 23.9. The second-order valence-electron chi connectivity index (χ2n) is 9.10. The standard InChI is InChI=1S/C30H22FN5O/c1-18-5-4-6-20(11-18)28-25(14-32)24-13-22(12-19(2)29(24)35-26(28)15-33)30(37,27-16-34-17-36(27)3)21-7-9-23(31)10-8-21/h4-13,16-17,37H,1-3H3. The van der Waals surface area contributed by atoms with Gasteiger partial charge in [-0.25, -0.2) is 14.4 Å². The minimum absolute atomic E-state index is 0.158. The van der Waals surface area contributed by atoms with Crippen molar-refractivity contribution >= 4 is 10.9 Å². The summed E-state index contributed by atoms with van der Waals surface area (Å²) in [4.78, 5) is 8.82. The Morgan fingerprint density at radius 1 is 0.973 bits per heavy atom. The molecule has 0 aliphatic carbocycles. The molecular formula is C30H22FN5O. The maximum atomic E-state index is 13.8. The van der Waals surface area contributed by atoms with Gasteiger partial charge in [-0.15, -0.1) is 0 Å². The molecular weight excluding hydrogens is 465 g/mol. The molecule has 1 atom stereocenters. The van der Waals surface area contributed by atoms with E-state index in [0.717, 1.165) is 5.56 Å². The van der Waals surface area contributed by atoms with Crippen molar-refractivity contribution in [2.24, 2.45) is 7.05 Å². The summed E-state index contributed by atoms with van der Waals surface area (Å²) >= 11 is 0.